The topological polar surface area (TPSA) is 84.9 Å². The number of hydrogen-bond acceptors (Lipinski definition) is 5. The number of rotatable bonds is 7. The zero-order chi connectivity index (χ0) is 17.7. The van der Waals surface area contributed by atoms with E-state index in [2.05, 4.69) is 5.32 Å². The molecule has 24 heavy (non-hydrogen) atoms. The van der Waals surface area contributed by atoms with Gasteiger partial charge in [-0.25, -0.2) is 4.79 Å². The monoisotopic (exact) mass is 369 g/mol. The van der Waals surface area contributed by atoms with Crippen LogP contribution >= 0.6 is 22.9 Å². The first kappa shape index (κ1) is 18.3. The summed E-state index contributed by atoms with van der Waals surface area (Å²) in [5.41, 5.74) is 1.06. The van der Waals surface area contributed by atoms with Crippen molar-refractivity contribution in [1.29, 1.82) is 0 Å². The molecular formula is C16H16ClNO5S. The molecule has 1 unspecified atom stereocenters. The highest BCUT2D eigenvalue weighted by molar-refractivity contribution is 7.12. The summed E-state index contributed by atoms with van der Waals surface area (Å²) in [7, 11) is 2.99. The third-order valence-corrected chi connectivity index (χ3v) is 4.54. The SMILES string of the molecule is COCc1ccsc1C(=O)NC(C(=O)O)c1ccc(OC)c(Cl)c1. The van der Waals surface area contributed by atoms with Crippen molar-refractivity contribution in [3.63, 3.8) is 0 Å². The van der Waals surface area contributed by atoms with Crippen molar-refractivity contribution in [2.45, 2.75) is 12.6 Å². The van der Waals surface area contributed by atoms with Gasteiger partial charge in [-0.3, -0.25) is 4.79 Å². The third-order valence-electron chi connectivity index (χ3n) is 3.28. The van der Waals surface area contributed by atoms with Crippen LogP contribution in [0.25, 0.3) is 0 Å². The number of halogens is 1. The number of aliphatic carboxylic acids is 1. The molecule has 1 heterocycles. The lowest BCUT2D eigenvalue weighted by Crippen LogP contribution is -2.33. The summed E-state index contributed by atoms with van der Waals surface area (Å²) in [6.45, 7) is 0.276. The first-order chi connectivity index (χ1) is 11.5. The van der Waals surface area contributed by atoms with Gasteiger partial charge in [0, 0.05) is 12.7 Å². The molecule has 1 aromatic carbocycles. The summed E-state index contributed by atoms with van der Waals surface area (Å²) in [4.78, 5) is 24.4. The zero-order valence-electron chi connectivity index (χ0n) is 13.0. The smallest absolute Gasteiger partial charge is 0.330 e. The van der Waals surface area contributed by atoms with E-state index < -0.39 is 17.9 Å². The van der Waals surface area contributed by atoms with Gasteiger partial charge in [0.05, 0.1) is 23.6 Å². The van der Waals surface area contributed by atoms with Gasteiger partial charge in [-0.05, 0) is 29.1 Å². The molecule has 2 N–H and O–H groups in total. The molecule has 1 amide bonds. The van der Waals surface area contributed by atoms with Gasteiger partial charge in [0.25, 0.3) is 5.91 Å². The van der Waals surface area contributed by atoms with Gasteiger partial charge >= 0.3 is 5.97 Å². The lowest BCUT2D eigenvalue weighted by molar-refractivity contribution is -0.139. The van der Waals surface area contributed by atoms with Crippen molar-refractivity contribution in [2.75, 3.05) is 14.2 Å². The highest BCUT2D eigenvalue weighted by Gasteiger charge is 2.25. The van der Waals surface area contributed by atoms with Crippen molar-refractivity contribution in [1.82, 2.24) is 5.32 Å². The molecule has 0 fully saturated rings. The number of carbonyl (C=O) groups excluding carboxylic acids is 1. The number of hydrogen-bond donors (Lipinski definition) is 2. The van der Waals surface area contributed by atoms with Crippen LogP contribution in [0.5, 0.6) is 5.75 Å². The molecule has 6 nitrogen and oxygen atoms in total. The quantitative estimate of drug-likeness (QED) is 0.783. The maximum atomic E-state index is 12.4. The zero-order valence-corrected chi connectivity index (χ0v) is 14.6. The molecule has 1 aromatic heterocycles. The minimum absolute atomic E-state index is 0.270. The maximum absolute atomic E-state index is 12.4. The van der Waals surface area contributed by atoms with Crippen molar-refractivity contribution in [3.8, 4) is 5.75 Å². The number of carboxylic acid groups (broad SMARTS) is 1. The average molecular weight is 370 g/mol. The highest BCUT2D eigenvalue weighted by atomic mass is 35.5. The highest BCUT2D eigenvalue weighted by Crippen LogP contribution is 2.28. The van der Waals surface area contributed by atoms with E-state index in [0.717, 1.165) is 0 Å². The van der Waals surface area contributed by atoms with Gasteiger partial charge in [-0.1, -0.05) is 17.7 Å². The van der Waals surface area contributed by atoms with Crippen molar-refractivity contribution >= 4 is 34.8 Å². The summed E-state index contributed by atoms with van der Waals surface area (Å²) in [5, 5.41) is 14.0. The minimum atomic E-state index is -1.22. The lowest BCUT2D eigenvalue weighted by atomic mass is 10.1. The first-order valence-electron chi connectivity index (χ1n) is 6.90. The number of nitrogens with one attached hydrogen (secondary N) is 1. The van der Waals surface area contributed by atoms with Crippen LogP contribution in [0.2, 0.25) is 5.02 Å². The third kappa shape index (κ3) is 4.05. The molecule has 1 atom stereocenters. The molecule has 0 aliphatic carbocycles. The second-order valence-corrected chi connectivity index (χ2v) is 6.17. The minimum Gasteiger partial charge on any atom is -0.495 e. The molecule has 0 spiro atoms. The van der Waals surface area contributed by atoms with Crippen LogP contribution in [-0.2, 0) is 16.1 Å². The number of benzene rings is 1. The Hall–Kier alpha value is -2.09. The second kappa shape index (κ2) is 8.14. The van der Waals surface area contributed by atoms with Crippen LogP contribution in [0.3, 0.4) is 0 Å². The van der Waals surface area contributed by atoms with Crippen molar-refractivity contribution in [2.24, 2.45) is 0 Å². The van der Waals surface area contributed by atoms with E-state index in [1.807, 2.05) is 0 Å². The van der Waals surface area contributed by atoms with Crippen LogP contribution in [0.4, 0.5) is 0 Å². The van der Waals surface area contributed by atoms with Crippen LogP contribution in [0.1, 0.15) is 26.8 Å². The van der Waals surface area contributed by atoms with Gasteiger partial charge in [-0.15, -0.1) is 11.3 Å². The molecule has 0 saturated carbocycles. The Kier molecular flexibility index (Phi) is 6.19. The number of carbonyl (C=O) groups is 2. The standard InChI is InChI=1S/C16H16ClNO5S/c1-22-8-10-5-6-24-14(10)15(19)18-13(16(20)21)9-3-4-12(23-2)11(17)7-9/h3-7,13H,8H2,1-2H3,(H,18,19)(H,20,21). The number of ether oxygens (including phenoxy) is 2. The Labute approximate surface area is 148 Å². The van der Waals surface area contributed by atoms with E-state index in [0.29, 0.717) is 21.8 Å². The molecule has 8 heteroatoms. The summed E-state index contributed by atoms with van der Waals surface area (Å²) in [6, 6.07) is 5.11. The predicted octanol–water partition coefficient (Wildman–Crippen LogP) is 3.11. The molecule has 0 saturated heterocycles. The number of thiophene rings is 1. The molecule has 2 rings (SSSR count). The van der Waals surface area contributed by atoms with Gasteiger partial charge in [0.15, 0.2) is 6.04 Å². The number of methoxy groups -OCH3 is 2. The van der Waals surface area contributed by atoms with Crippen LogP contribution < -0.4 is 10.1 Å². The fraction of sp³-hybridized carbons (Fsp3) is 0.250. The van der Waals surface area contributed by atoms with Crippen LogP contribution in [-0.4, -0.2) is 31.2 Å². The molecule has 0 radical (unpaired) electrons. The number of amides is 1. The fourth-order valence-corrected chi connectivity index (χ4v) is 3.23. The lowest BCUT2D eigenvalue weighted by Gasteiger charge is -2.16. The first-order valence-corrected chi connectivity index (χ1v) is 8.16. The van der Waals surface area contributed by atoms with Gasteiger partial charge in [0.1, 0.15) is 5.75 Å². The van der Waals surface area contributed by atoms with E-state index >= 15 is 0 Å². The Morgan fingerprint density at radius 3 is 2.67 bits per heavy atom. The fourth-order valence-electron chi connectivity index (χ4n) is 2.15. The van der Waals surface area contributed by atoms with Gasteiger partial charge < -0.3 is 19.9 Å². The molecular weight excluding hydrogens is 354 g/mol. The van der Waals surface area contributed by atoms with Crippen molar-refractivity contribution in [3.05, 3.63) is 50.7 Å². The van der Waals surface area contributed by atoms with E-state index in [1.165, 1.54) is 31.6 Å². The van der Waals surface area contributed by atoms with Crippen LogP contribution in [0, 0.1) is 0 Å². The number of carboxylic acids is 1. The van der Waals surface area contributed by atoms with Crippen molar-refractivity contribution < 1.29 is 24.2 Å². The largest absolute Gasteiger partial charge is 0.495 e. The van der Waals surface area contributed by atoms with Gasteiger partial charge in [-0.2, -0.15) is 0 Å². The normalized spacial score (nSPS) is 11.8. The Morgan fingerprint density at radius 1 is 1.33 bits per heavy atom. The Morgan fingerprint density at radius 2 is 2.08 bits per heavy atom. The molecule has 2 aromatic rings. The van der Waals surface area contributed by atoms with E-state index in [4.69, 9.17) is 21.1 Å². The second-order valence-electron chi connectivity index (χ2n) is 4.85. The molecule has 128 valence electrons. The molecule has 0 bridgehead atoms. The van der Waals surface area contributed by atoms with E-state index in [-0.39, 0.29) is 11.6 Å². The maximum Gasteiger partial charge on any atom is 0.330 e. The van der Waals surface area contributed by atoms with Crippen LogP contribution in [0.15, 0.2) is 29.6 Å². The van der Waals surface area contributed by atoms with E-state index in [9.17, 15) is 14.7 Å². The Balaban J connectivity index is 2.25. The summed E-state index contributed by atoms with van der Waals surface area (Å²) in [5.74, 6) is -1.23. The molecule has 0 aliphatic heterocycles. The summed E-state index contributed by atoms with van der Waals surface area (Å²) < 4.78 is 10.1. The Bertz CT molecular complexity index is 746. The average Bonchev–Trinajstić information content (AvgIpc) is 3.00. The predicted molar refractivity (Wildman–Crippen MR) is 90.9 cm³/mol. The summed E-state index contributed by atoms with van der Waals surface area (Å²) >= 11 is 7.26. The van der Waals surface area contributed by atoms with Gasteiger partial charge in [0.2, 0.25) is 0 Å². The van der Waals surface area contributed by atoms with E-state index in [1.54, 1.807) is 23.6 Å². The molecule has 0 aliphatic rings. The summed E-state index contributed by atoms with van der Waals surface area (Å²) in [6.07, 6.45) is 0.